The van der Waals surface area contributed by atoms with Crippen LogP contribution in [-0.4, -0.2) is 41.4 Å². The molecule has 196 valence electrons. The maximum atomic E-state index is 13.6. The second kappa shape index (κ2) is 12.4. The van der Waals surface area contributed by atoms with Crippen LogP contribution in [0.15, 0.2) is 102 Å². The van der Waals surface area contributed by atoms with Gasteiger partial charge in [0.2, 0.25) is 10.0 Å². The summed E-state index contributed by atoms with van der Waals surface area (Å²) in [6.45, 7) is 3.53. The summed E-state index contributed by atoms with van der Waals surface area (Å²) >= 11 is 0. The Bertz CT molecular complexity index is 1440. The van der Waals surface area contributed by atoms with Crippen LogP contribution >= 0.6 is 0 Å². The Morgan fingerprint density at radius 2 is 1.68 bits per heavy atom. The number of rotatable bonds is 11. The third kappa shape index (κ3) is 7.24. The van der Waals surface area contributed by atoms with Crippen molar-refractivity contribution in [1.82, 2.24) is 14.3 Å². The van der Waals surface area contributed by atoms with Crippen LogP contribution in [0.4, 0.5) is 0 Å². The van der Waals surface area contributed by atoms with Crippen LogP contribution < -0.4 is 4.74 Å². The van der Waals surface area contributed by atoms with E-state index in [2.05, 4.69) is 9.97 Å². The number of nitrogens with zero attached hydrogens (tertiary/aromatic N) is 3. The van der Waals surface area contributed by atoms with Crippen molar-refractivity contribution in [2.24, 2.45) is 0 Å². The molecule has 2 aromatic heterocycles. The van der Waals surface area contributed by atoms with Gasteiger partial charge in [-0.25, -0.2) is 13.2 Å². The van der Waals surface area contributed by atoms with E-state index in [1.165, 1.54) is 22.8 Å². The summed E-state index contributed by atoms with van der Waals surface area (Å²) in [7, 11) is -3.87. The standard InChI is InChI=1S/C29H29N3O5S/c1-22(2)37-29(33)21-36-26-8-5-7-24(17-26)20-32(38(34,35)27-9-6-15-30-18-27)19-23-11-13-25(14-12-23)28-10-3-4-16-31-28/h3-18,22H,19-21H2,1-2H3. The van der Waals surface area contributed by atoms with Gasteiger partial charge in [-0.05, 0) is 61.4 Å². The van der Waals surface area contributed by atoms with E-state index in [1.807, 2.05) is 48.5 Å². The first kappa shape index (κ1) is 27.0. The molecule has 4 rings (SSSR count). The van der Waals surface area contributed by atoms with Crippen LogP contribution in [0.2, 0.25) is 0 Å². The highest BCUT2D eigenvalue weighted by Crippen LogP contribution is 2.24. The SMILES string of the molecule is CC(C)OC(=O)COc1cccc(CN(Cc2ccc(-c3ccccn3)cc2)S(=O)(=O)c2cccnc2)c1. The zero-order valence-corrected chi connectivity index (χ0v) is 22.0. The molecule has 0 atom stereocenters. The molecule has 4 aromatic rings. The van der Waals surface area contributed by atoms with Crippen molar-refractivity contribution < 1.29 is 22.7 Å². The van der Waals surface area contributed by atoms with Crippen LogP contribution in [0.25, 0.3) is 11.3 Å². The van der Waals surface area contributed by atoms with Crippen LogP contribution in [0.1, 0.15) is 25.0 Å². The van der Waals surface area contributed by atoms with E-state index >= 15 is 0 Å². The number of sulfonamides is 1. The second-order valence-corrected chi connectivity index (χ2v) is 10.8. The molecule has 0 spiro atoms. The molecule has 0 aliphatic rings. The highest BCUT2D eigenvalue weighted by Gasteiger charge is 2.25. The second-order valence-electron chi connectivity index (χ2n) is 8.85. The summed E-state index contributed by atoms with van der Waals surface area (Å²) in [6.07, 6.45) is 4.37. The lowest BCUT2D eigenvalue weighted by Crippen LogP contribution is -2.30. The summed E-state index contributed by atoms with van der Waals surface area (Å²) < 4.78 is 39.3. The van der Waals surface area contributed by atoms with Gasteiger partial charge < -0.3 is 9.47 Å². The Morgan fingerprint density at radius 1 is 0.895 bits per heavy atom. The lowest BCUT2D eigenvalue weighted by atomic mass is 10.1. The number of aromatic nitrogens is 2. The van der Waals surface area contributed by atoms with Crippen LogP contribution in [0, 0.1) is 0 Å². The average molecular weight is 532 g/mol. The predicted octanol–water partition coefficient (Wildman–Crippen LogP) is 4.87. The van der Waals surface area contributed by atoms with Crippen molar-refractivity contribution in [3.05, 3.63) is 109 Å². The highest BCUT2D eigenvalue weighted by molar-refractivity contribution is 7.89. The van der Waals surface area contributed by atoms with E-state index in [-0.39, 0.29) is 30.7 Å². The van der Waals surface area contributed by atoms with E-state index < -0.39 is 16.0 Å². The fraction of sp³-hybridized carbons (Fsp3) is 0.207. The lowest BCUT2D eigenvalue weighted by Gasteiger charge is -2.23. The van der Waals surface area contributed by atoms with Gasteiger partial charge in [0.05, 0.1) is 11.8 Å². The molecule has 0 saturated carbocycles. The number of benzene rings is 2. The monoisotopic (exact) mass is 531 g/mol. The minimum absolute atomic E-state index is 0.0901. The third-order valence-electron chi connectivity index (χ3n) is 5.53. The normalized spacial score (nSPS) is 11.5. The van der Waals surface area contributed by atoms with Crippen LogP contribution in [0.5, 0.6) is 5.75 Å². The van der Waals surface area contributed by atoms with Crippen molar-refractivity contribution in [3.63, 3.8) is 0 Å². The average Bonchev–Trinajstić information content (AvgIpc) is 2.93. The first-order valence-electron chi connectivity index (χ1n) is 12.1. The molecule has 2 aromatic carbocycles. The van der Waals surface area contributed by atoms with Crippen molar-refractivity contribution in [2.75, 3.05) is 6.61 Å². The van der Waals surface area contributed by atoms with Gasteiger partial charge in [0, 0.05) is 37.2 Å². The number of hydrogen-bond donors (Lipinski definition) is 0. The first-order valence-corrected chi connectivity index (χ1v) is 13.6. The van der Waals surface area contributed by atoms with Crippen molar-refractivity contribution in [3.8, 4) is 17.0 Å². The van der Waals surface area contributed by atoms with Gasteiger partial charge in [0.1, 0.15) is 10.6 Å². The van der Waals surface area contributed by atoms with Gasteiger partial charge in [0.15, 0.2) is 6.61 Å². The van der Waals surface area contributed by atoms with Gasteiger partial charge in [-0.15, -0.1) is 0 Å². The molecular weight excluding hydrogens is 502 g/mol. The summed E-state index contributed by atoms with van der Waals surface area (Å²) in [5, 5.41) is 0. The van der Waals surface area contributed by atoms with Gasteiger partial charge >= 0.3 is 5.97 Å². The van der Waals surface area contributed by atoms with Crippen molar-refractivity contribution in [2.45, 2.75) is 37.9 Å². The molecule has 0 radical (unpaired) electrons. The summed E-state index contributed by atoms with van der Waals surface area (Å²) in [4.78, 5) is 20.3. The van der Waals surface area contributed by atoms with E-state index in [0.717, 1.165) is 16.8 Å². The fourth-order valence-corrected chi connectivity index (χ4v) is 5.15. The van der Waals surface area contributed by atoms with Crippen molar-refractivity contribution >= 4 is 16.0 Å². The van der Waals surface area contributed by atoms with Gasteiger partial charge in [-0.1, -0.05) is 42.5 Å². The molecule has 2 heterocycles. The molecule has 0 aliphatic carbocycles. The number of hydrogen-bond acceptors (Lipinski definition) is 7. The summed E-state index contributed by atoms with van der Waals surface area (Å²) in [5.74, 6) is -0.0259. The van der Waals surface area contributed by atoms with Gasteiger partial charge in [0.25, 0.3) is 0 Å². The summed E-state index contributed by atoms with van der Waals surface area (Å²) in [6, 6.07) is 23.5. The maximum absolute atomic E-state index is 13.6. The zero-order valence-electron chi connectivity index (χ0n) is 21.2. The Hall–Kier alpha value is -4.08. The van der Waals surface area contributed by atoms with Crippen LogP contribution in [0.3, 0.4) is 0 Å². The predicted molar refractivity (Wildman–Crippen MR) is 144 cm³/mol. The minimum Gasteiger partial charge on any atom is -0.482 e. The van der Waals surface area contributed by atoms with Crippen LogP contribution in [-0.2, 0) is 32.6 Å². The van der Waals surface area contributed by atoms with E-state index in [0.29, 0.717) is 11.3 Å². The Balaban J connectivity index is 1.56. The number of pyridine rings is 2. The van der Waals surface area contributed by atoms with Gasteiger partial charge in [-0.3, -0.25) is 9.97 Å². The highest BCUT2D eigenvalue weighted by atomic mass is 32.2. The molecule has 9 heteroatoms. The molecule has 0 N–H and O–H groups in total. The minimum atomic E-state index is -3.87. The Labute approximate surface area is 223 Å². The first-order chi connectivity index (χ1) is 18.3. The quantitative estimate of drug-likeness (QED) is 0.255. The molecule has 38 heavy (non-hydrogen) atoms. The molecule has 0 saturated heterocycles. The Kier molecular flexibility index (Phi) is 8.83. The molecule has 0 unspecified atom stereocenters. The molecule has 0 bridgehead atoms. The fourth-order valence-electron chi connectivity index (χ4n) is 3.77. The third-order valence-corrected chi connectivity index (χ3v) is 7.30. The smallest absolute Gasteiger partial charge is 0.344 e. The number of carbonyl (C=O) groups excluding carboxylic acids is 1. The lowest BCUT2D eigenvalue weighted by molar-refractivity contribution is -0.149. The van der Waals surface area contributed by atoms with Crippen molar-refractivity contribution in [1.29, 1.82) is 0 Å². The molecular formula is C29H29N3O5S. The molecule has 8 nitrogen and oxygen atoms in total. The topological polar surface area (TPSA) is 98.7 Å². The van der Waals surface area contributed by atoms with Gasteiger partial charge in [-0.2, -0.15) is 4.31 Å². The molecule has 0 amide bonds. The largest absolute Gasteiger partial charge is 0.482 e. The number of carbonyl (C=O) groups is 1. The van der Waals surface area contributed by atoms with E-state index in [9.17, 15) is 13.2 Å². The number of ether oxygens (including phenoxy) is 2. The zero-order chi connectivity index (χ0) is 27.0. The number of esters is 1. The van der Waals surface area contributed by atoms with E-state index in [4.69, 9.17) is 9.47 Å². The molecule has 0 fully saturated rings. The maximum Gasteiger partial charge on any atom is 0.344 e. The summed E-state index contributed by atoms with van der Waals surface area (Å²) in [5.41, 5.74) is 3.31. The molecule has 0 aliphatic heterocycles. The van der Waals surface area contributed by atoms with E-state index in [1.54, 1.807) is 44.3 Å². The Morgan fingerprint density at radius 3 is 2.37 bits per heavy atom.